The number of ether oxygens (including phenoxy) is 1. The van der Waals surface area contributed by atoms with Gasteiger partial charge in [-0.2, -0.15) is 0 Å². The lowest BCUT2D eigenvalue weighted by Gasteiger charge is -2.08. The van der Waals surface area contributed by atoms with Gasteiger partial charge in [0.05, 0.1) is 12.7 Å². The number of amides is 3. The maximum absolute atomic E-state index is 12.7. The number of fused-ring (bicyclic) bond motifs is 1. The highest BCUT2D eigenvalue weighted by Gasteiger charge is 2.23. The van der Waals surface area contributed by atoms with Crippen LogP contribution >= 0.6 is 11.3 Å². The molecule has 3 aromatic rings. The second-order valence-electron chi connectivity index (χ2n) is 5.95. The molecule has 27 heavy (non-hydrogen) atoms. The smallest absolute Gasteiger partial charge is 0.413 e. The van der Waals surface area contributed by atoms with E-state index in [0.29, 0.717) is 16.1 Å². The molecule has 0 radical (unpaired) electrons. The van der Waals surface area contributed by atoms with Crippen molar-refractivity contribution in [1.29, 1.82) is 0 Å². The first-order chi connectivity index (χ1) is 12.9. The van der Waals surface area contributed by atoms with Crippen LogP contribution in [0.4, 0.5) is 9.80 Å². The number of methoxy groups -OCH3 is 1. The summed E-state index contributed by atoms with van der Waals surface area (Å²) in [6.07, 6.45) is -0.852. The van der Waals surface area contributed by atoms with Crippen LogP contribution in [-0.2, 0) is 4.74 Å². The predicted octanol–water partition coefficient (Wildman–Crippen LogP) is 4.27. The Hall–Kier alpha value is -3.19. The first kappa shape index (κ1) is 18.6. The molecule has 0 fully saturated rings. The summed E-state index contributed by atoms with van der Waals surface area (Å²) in [5.41, 5.74) is 1.45. The fourth-order valence-electron chi connectivity index (χ4n) is 2.70. The molecule has 2 N–H and O–H groups in total. The summed E-state index contributed by atoms with van der Waals surface area (Å²) in [5.74, 6) is -0.938. The van der Waals surface area contributed by atoms with E-state index in [1.165, 1.54) is 18.4 Å². The number of imide groups is 1. The molecule has 0 unspecified atom stereocenters. The van der Waals surface area contributed by atoms with Crippen molar-refractivity contribution in [3.63, 3.8) is 0 Å². The van der Waals surface area contributed by atoms with Crippen LogP contribution in [0.1, 0.15) is 31.2 Å². The van der Waals surface area contributed by atoms with Crippen LogP contribution in [-0.4, -0.2) is 25.0 Å². The number of thiophene rings is 1. The molecular weight excluding hydrogens is 364 g/mol. The van der Waals surface area contributed by atoms with Crippen LogP contribution in [0.3, 0.4) is 0 Å². The van der Waals surface area contributed by atoms with Crippen molar-refractivity contribution < 1.29 is 19.1 Å². The molecule has 1 heterocycles. The molecule has 2 aromatic carbocycles. The number of benzene rings is 2. The first-order valence-electron chi connectivity index (χ1n) is 8.20. The normalized spacial score (nSPS) is 10.5. The van der Waals surface area contributed by atoms with Gasteiger partial charge >= 0.3 is 6.09 Å². The minimum Gasteiger partial charge on any atom is -0.453 e. The summed E-state index contributed by atoms with van der Waals surface area (Å²) in [7, 11) is 1.18. The molecule has 0 saturated carbocycles. The third kappa shape index (κ3) is 3.83. The lowest BCUT2D eigenvalue weighted by atomic mass is 10.1. The summed E-state index contributed by atoms with van der Waals surface area (Å²) < 4.78 is 4.47. The fourth-order valence-corrected chi connectivity index (χ4v) is 3.75. The number of nitrogens with one attached hydrogen (secondary N) is 2. The van der Waals surface area contributed by atoms with E-state index in [1.54, 1.807) is 19.1 Å². The second kappa shape index (κ2) is 7.59. The highest BCUT2D eigenvalue weighted by molar-refractivity contribution is 7.16. The molecule has 138 valence electrons. The Morgan fingerprint density at radius 1 is 0.963 bits per heavy atom. The first-order valence-corrected chi connectivity index (χ1v) is 9.01. The number of rotatable bonds is 3. The monoisotopic (exact) mass is 382 g/mol. The number of anilines is 1. The van der Waals surface area contributed by atoms with Crippen molar-refractivity contribution in [2.75, 3.05) is 12.4 Å². The van der Waals surface area contributed by atoms with Gasteiger partial charge in [0.2, 0.25) is 0 Å². The van der Waals surface area contributed by atoms with Gasteiger partial charge in [-0.15, -0.1) is 11.3 Å². The standard InChI is InChI=1S/C20H18N2O4S/c1-11-12(2)27-19(16(11)18(24)22-20(25)26-3)21-17(23)15-9-8-13-6-4-5-7-14(13)10-15/h4-10H,1-3H3,(H,21,23)(H,22,24,25). The highest BCUT2D eigenvalue weighted by atomic mass is 32.1. The van der Waals surface area contributed by atoms with E-state index in [2.05, 4.69) is 15.4 Å². The van der Waals surface area contributed by atoms with Crippen molar-refractivity contribution in [1.82, 2.24) is 5.32 Å². The number of carbonyl (C=O) groups is 3. The second-order valence-corrected chi connectivity index (χ2v) is 7.17. The molecule has 3 amide bonds. The summed E-state index contributed by atoms with van der Waals surface area (Å²) in [6.45, 7) is 3.62. The van der Waals surface area contributed by atoms with Gasteiger partial charge in [0.15, 0.2) is 0 Å². The Morgan fingerprint density at radius 2 is 1.67 bits per heavy atom. The van der Waals surface area contributed by atoms with Gasteiger partial charge in [0.25, 0.3) is 11.8 Å². The molecule has 7 heteroatoms. The zero-order chi connectivity index (χ0) is 19.6. The minimum atomic E-state index is -0.852. The Morgan fingerprint density at radius 3 is 2.37 bits per heavy atom. The molecule has 6 nitrogen and oxygen atoms in total. The van der Waals surface area contributed by atoms with Crippen LogP contribution in [0.25, 0.3) is 10.8 Å². The topological polar surface area (TPSA) is 84.5 Å². The summed E-state index contributed by atoms with van der Waals surface area (Å²) in [6, 6.07) is 13.2. The van der Waals surface area contributed by atoms with Gasteiger partial charge in [-0.25, -0.2) is 4.79 Å². The molecule has 0 atom stereocenters. The van der Waals surface area contributed by atoms with E-state index >= 15 is 0 Å². The number of hydrogen-bond acceptors (Lipinski definition) is 5. The van der Waals surface area contributed by atoms with E-state index in [-0.39, 0.29) is 11.5 Å². The van der Waals surface area contributed by atoms with E-state index in [4.69, 9.17) is 0 Å². The lowest BCUT2D eigenvalue weighted by Crippen LogP contribution is -2.31. The summed E-state index contributed by atoms with van der Waals surface area (Å²) >= 11 is 1.29. The third-order valence-electron chi connectivity index (χ3n) is 4.25. The van der Waals surface area contributed by atoms with Gasteiger partial charge in [-0.3, -0.25) is 14.9 Å². The maximum Gasteiger partial charge on any atom is 0.413 e. The SMILES string of the molecule is COC(=O)NC(=O)c1c(NC(=O)c2ccc3ccccc3c2)sc(C)c1C. The Kier molecular flexibility index (Phi) is 5.23. The maximum atomic E-state index is 12.7. The van der Waals surface area contributed by atoms with Gasteiger partial charge < -0.3 is 10.1 Å². The molecule has 0 spiro atoms. The Bertz CT molecular complexity index is 1060. The third-order valence-corrected chi connectivity index (χ3v) is 5.37. The summed E-state index contributed by atoms with van der Waals surface area (Å²) in [5, 5.41) is 7.31. The fraction of sp³-hybridized carbons (Fsp3) is 0.150. The van der Waals surface area contributed by atoms with E-state index in [1.807, 2.05) is 37.3 Å². The van der Waals surface area contributed by atoms with Crippen molar-refractivity contribution in [2.45, 2.75) is 13.8 Å². The lowest BCUT2D eigenvalue weighted by molar-refractivity contribution is 0.0937. The Balaban J connectivity index is 1.90. The number of carbonyl (C=O) groups excluding carboxylic acids is 3. The largest absolute Gasteiger partial charge is 0.453 e. The van der Waals surface area contributed by atoms with Gasteiger partial charge in [-0.05, 0) is 42.3 Å². The minimum absolute atomic E-state index is 0.261. The molecule has 0 aliphatic carbocycles. The average Bonchev–Trinajstić information content (AvgIpc) is 2.94. The van der Waals surface area contributed by atoms with Crippen LogP contribution in [0.15, 0.2) is 42.5 Å². The molecule has 0 saturated heterocycles. The average molecular weight is 382 g/mol. The van der Waals surface area contributed by atoms with Crippen molar-refractivity contribution >= 4 is 45.0 Å². The summed E-state index contributed by atoms with van der Waals surface area (Å²) in [4.78, 5) is 37.3. The molecular formula is C20H18N2O4S. The number of hydrogen-bond donors (Lipinski definition) is 2. The number of aryl methyl sites for hydroxylation is 1. The molecule has 0 aliphatic rings. The van der Waals surface area contributed by atoms with Gasteiger partial charge in [0, 0.05) is 10.4 Å². The van der Waals surface area contributed by atoms with Crippen LogP contribution in [0, 0.1) is 13.8 Å². The zero-order valence-electron chi connectivity index (χ0n) is 15.1. The molecule has 0 aliphatic heterocycles. The van der Waals surface area contributed by atoms with E-state index in [9.17, 15) is 14.4 Å². The van der Waals surface area contributed by atoms with Crippen molar-refractivity contribution in [3.8, 4) is 0 Å². The van der Waals surface area contributed by atoms with Gasteiger partial charge in [-0.1, -0.05) is 30.3 Å². The van der Waals surface area contributed by atoms with Crippen molar-refractivity contribution in [3.05, 3.63) is 64.0 Å². The zero-order valence-corrected chi connectivity index (χ0v) is 15.9. The molecule has 1 aromatic heterocycles. The number of alkyl carbamates (subject to hydrolysis) is 1. The van der Waals surface area contributed by atoms with E-state index in [0.717, 1.165) is 15.6 Å². The Labute approximate surface area is 160 Å². The quantitative estimate of drug-likeness (QED) is 0.709. The van der Waals surface area contributed by atoms with Crippen molar-refractivity contribution in [2.24, 2.45) is 0 Å². The molecule has 0 bridgehead atoms. The van der Waals surface area contributed by atoms with Crippen LogP contribution in [0.2, 0.25) is 0 Å². The van der Waals surface area contributed by atoms with E-state index < -0.39 is 12.0 Å². The van der Waals surface area contributed by atoms with Crippen LogP contribution in [0.5, 0.6) is 0 Å². The van der Waals surface area contributed by atoms with Gasteiger partial charge in [0.1, 0.15) is 5.00 Å². The van der Waals surface area contributed by atoms with Crippen LogP contribution < -0.4 is 10.6 Å². The molecule has 3 rings (SSSR count). The predicted molar refractivity (Wildman–Crippen MR) is 106 cm³/mol. The highest BCUT2D eigenvalue weighted by Crippen LogP contribution is 2.33.